The van der Waals surface area contributed by atoms with Gasteiger partial charge in [0.15, 0.2) is 0 Å². The molecule has 1 amide bonds. The molecule has 0 aliphatic rings. The molecule has 0 aliphatic heterocycles. The van der Waals surface area contributed by atoms with Crippen molar-refractivity contribution in [2.45, 2.75) is 4.90 Å². The van der Waals surface area contributed by atoms with Gasteiger partial charge >= 0.3 is 0 Å². The summed E-state index contributed by atoms with van der Waals surface area (Å²) in [5, 5.41) is 2.82. The number of carbonyl (C=O) groups is 1. The third-order valence-corrected chi connectivity index (χ3v) is 3.55. The summed E-state index contributed by atoms with van der Waals surface area (Å²) < 4.78 is 26.0. The van der Waals surface area contributed by atoms with Crippen LogP contribution in [0.3, 0.4) is 0 Å². The molecule has 0 heterocycles. The van der Waals surface area contributed by atoms with E-state index >= 15 is 0 Å². The molecule has 17 heavy (non-hydrogen) atoms. The van der Waals surface area contributed by atoms with Crippen molar-refractivity contribution in [2.24, 2.45) is 5.73 Å². The molecular formula is C10H15N3O3S. The van der Waals surface area contributed by atoms with E-state index in [0.717, 1.165) is 0 Å². The first-order valence-electron chi connectivity index (χ1n) is 5.01. The van der Waals surface area contributed by atoms with E-state index in [9.17, 15) is 13.2 Å². The summed E-state index contributed by atoms with van der Waals surface area (Å²) in [5.74, 6) is -0.655. The van der Waals surface area contributed by atoms with Crippen molar-refractivity contribution in [3.63, 3.8) is 0 Å². The molecule has 0 saturated heterocycles. The Labute approximate surface area is 100 Å². The molecule has 94 valence electrons. The molecule has 0 bridgehead atoms. The van der Waals surface area contributed by atoms with Gasteiger partial charge in [0.2, 0.25) is 15.9 Å². The Balaban J connectivity index is 2.91. The van der Waals surface area contributed by atoms with E-state index in [4.69, 9.17) is 5.73 Å². The van der Waals surface area contributed by atoms with Gasteiger partial charge in [-0.1, -0.05) is 6.07 Å². The van der Waals surface area contributed by atoms with Crippen LogP contribution in [0.15, 0.2) is 29.2 Å². The minimum Gasteiger partial charge on any atom is -0.366 e. The van der Waals surface area contributed by atoms with E-state index in [0.29, 0.717) is 6.54 Å². The van der Waals surface area contributed by atoms with Gasteiger partial charge in [-0.2, -0.15) is 0 Å². The van der Waals surface area contributed by atoms with E-state index in [1.165, 1.54) is 24.3 Å². The number of hydrogen-bond donors (Lipinski definition) is 3. The van der Waals surface area contributed by atoms with Crippen molar-refractivity contribution in [2.75, 3.05) is 20.1 Å². The fourth-order valence-electron chi connectivity index (χ4n) is 1.21. The lowest BCUT2D eigenvalue weighted by Crippen LogP contribution is -2.30. The summed E-state index contributed by atoms with van der Waals surface area (Å²) in [6.07, 6.45) is 0. The van der Waals surface area contributed by atoms with Crippen LogP contribution in [0.25, 0.3) is 0 Å². The average Bonchev–Trinajstić information content (AvgIpc) is 2.29. The van der Waals surface area contributed by atoms with Gasteiger partial charge in [-0.05, 0) is 25.2 Å². The smallest absolute Gasteiger partial charge is 0.248 e. The van der Waals surface area contributed by atoms with Crippen LogP contribution in [0.5, 0.6) is 0 Å². The maximum atomic E-state index is 11.8. The van der Waals surface area contributed by atoms with Gasteiger partial charge in [0.05, 0.1) is 4.90 Å². The minimum atomic E-state index is -3.59. The first-order valence-corrected chi connectivity index (χ1v) is 6.50. The number of nitrogens with two attached hydrogens (primary N) is 1. The molecule has 0 radical (unpaired) electrons. The largest absolute Gasteiger partial charge is 0.366 e. The molecule has 0 spiro atoms. The Morgan fingerprint density at radius 3 is 2.65 bits per heavy atom. The second-order valence-corrected chi connectivity index (χ2v) is 5.16. The Morgan fingerprint density at radius 1 is 1.35 bits per heavy atom. The summed E-state index contributed by atoms with van der Waals surface area (Å²) in [4.78, 5) is 11.0. The highest BCUT2D eigenvalue weighted by atomic mass is 32.2. The summed E-state index contributed by atoms with van der Waals surface area (Å²) >= 11 is 0. The molecule has 6 nitrogen and oxygen atoms in total. The standard InChI is InChI=1S/C10H15N3O3S/c1-12-5-6-13-17(15,16)9-4-2-3-8(7-9)10(11)14/h2-4,7,12-13H,5-6H2,1H3,(H2,11,14). The minimum absolute atomic E-state index is 0.0323. The number of amides is 1. The number of primary amides is 1. The lowest BCUT2D eigenvalue weighted by atomic mass is 10.2. The molecular weight excluding hydrogens is 242 g/mol. The monoisotopic (exact) mass is 257 g/mol. The summed E-state index contributed by atoms with van der Waals surface area (Å²) in [5.41, 5.74) is 5.25. The molecule has 0 fully saturated rings. The number of rotatable bonds is 6. The van der Waals surface area contributed by atoms with Crippen LogP contribution in [0.4, 0.5) is 0 Å². The van der Waals surface area contributed by atoms with Gasteiger partial charge in [0.1, 0.15) is 0 Å². The van der Waals surface area contributed by atoms with Crippen molar-refractivity contribution in [1.82, 2.24) is 10.0 Å². The van der Waals surface area contributed by atoms with E-state index in [-0.39, 0.29) is 17.0 Å². The topological polar surface area (TPSA) is 101 Å². The van der Waals surface area contributed by atoms with Crippen LogP contribution in [0.1, 0.15) is 10.4 Å². The fraction of sp³-hybridized carbons (Fsp3) is 0.300. The second kappa shape index (κ2) is 5.76. The van der Waals surface area contributed by atoms with Crippen LogP contribution in [0, 0.1) is 0 Å². The van der Waals surface area contributed by atoms with Gasteiger partial charge in [-0.15, -0.1) is 0 Å². The van der Waals surface area contributed by atoms with Gasteiger partial charge in [0.25, 0.3) is 0 Å². The summed E-state index contributed by atoms with van der Waals surface area (Å²) in [6, 6.07) is 5.61. The molecule has 1 aromatic carbocycles. The van der Waals surface area contributed by atoms with Crippen LogP contribution >= 0.6 is 0 Å². The average molecular weight is 257 g/mol. The number of likely N-dealkylation sites (N-methyl/N-ethyl adjacent to an activating group) is 1. The maximum Gasteiger partial charge on any atom is 0.248 e. The summed E-state index contributed by atoms with van der Waals surface area (Å²) in [6.45, 7) is 0.800. The highest BCUT2D eigenvalue weighted by Crippen LogP contribution is 2.10. The van der Waals surface area contributed by atoms with E-state index in [2.05, 4.69) is 10.0 Å². The molecule has 1 aromatic rings. The number of sulfonamides is 1. The van der Waals surface area contributed by atoms with Crippen molar-refractivity contribution in [1.29, 1.82) is 0 Å². The second-order valence-electron chi connectivity index (χ2n) is 3.39. The number of nitrogens with one attached hydrogen (secondary N) is 2. The molecule has 0 aliphatic carbocycles. The SMILES string of the molecule is CNCCNS(=O)(=O)c1cccc(C(N)=O)c1. The Kier molecular flexibility index (Phi) is 4.62. The van der Waals surface area contributed by atoms with Crippen molar-refractivity contribution >= 4 is 15.9 Å². The van der Waals surface area contributed by atoms with E-state index < -0.39 is 15.9 Å². The van der Waals surface area contributed by atoms with Crippen LogP contribution in [0.2, 0.25) is 0 Å². The quantitative estimate of drug-likeness (QED) is 0.585. The van der Waals surface area contributed by atoms with Gasteiger partial charge in [0, 0.05) is 18.7 Å². The lowest BCUT2D eigenvalue weighted by molar-refractivity contribution is 0.1000. The highest BCUT2D eigenvalue weighted by molar-refractivity contribution is 7.89. The van der Waals surface area contributed by atoms with E-state index in [1.807, 2.05) is 0 Å². The fourth-order valence-corrected chi connectivity index (χ4v) is 2.29. The first kappa shape index (κ1) is 13.6. The maximum absolute atomic E-state index is 11.8. The van der Waals surface area contributed by atoms with Gasteiger partial charge < -0.3 is 11.1 Å². The zero-order valence-corrected chi connectivity index (χ0v) is 10.3. The Hall–Kier alpha value is -1.44. The third kappa shape index (κ3) is 3.81. The van der Waals surface area contributed by atoms with Crippen molar-refractivity contribution in [3.8, 4) is 0 Å². The number of carbonyl (C=O) groups excluding carboxylic acids is 1. The van der Waals surface area contributed by atoms with Gasteiger partial charge in [-0.25, -0.2) is 13.1 Å². The van der Waals surface area contributed by atoms with Crippen molar-refractivity contribution < 1.29 is 13.2 Å². The molecule has 0 saturated carbocycles. The Morgan fingerprint density at radius 2 is 2.06 bits per heavy atom. The highest BCUT2D eigenvalue weighted by Gasteiger charge is 2.14. The summed E-state index contributed by atoms with van der Waals surface area (Å²) in [7, 11) is -1.86. The lowest BCUT2D eigenvalue weighted by Gasteiger charge is -2.07. The zero-order valence-electron chi connectivity index (χ0n) is 9.43. The van der Waals surface area contributed by atoms with Crippen LogP contribution in [-0.2, 0) is 10.0 Å². The molecule has 0 atom stereocenters. The first-order chi connectivity index (χ1) is 7.97. The number of hydrogen-bond acceptors (Lipinski definition) is 4. The normalized spacial score (nSPS) is 11.4. The molecule has 7 heteroatoms. The van der Waals surface area contributed by atoms with Gasteiger partial charge in [-0.3, -0.25) is 4.79 Å². The van der Waals surface area contributed by atoms with E-state index in [1.54, 1.807) is 7.05 Å². The van der Waals surface area contributed by atoms with Crippen LogP contribution < -0.4 is 15.8 Å². The van der Waals surface area contributed by atoms with Crippen LogP contribution in [-0.4, -0.2) is 34.5 Å². The van der Waals surface area contributed by atoms with Crippen molar-refractivity contribution in [3.05, 3.63) is 29.8 Å². The zero-order chi connectivity index (χ0) is 12.9. The predicted molar refractivity (Wildman–Crippen MR) is 64.1 cm³/mol. The molecule has 1 rings (SSSR count). The molecule has 0 unspecified atom stereocenters. The third-order valence-electron chi connectivity index (χ3n) is 2.10. The molecule has 4 N–H and O–H groups in total. The Bertz CT molecular complexity index is 499. The predicted octanol–water partition coefficient (Wildman–Crippen LogP) is -0.717. The number of benzene rings is 1. The molecule has 0 aromatic heterocycles.